The molecule has 1 aromatic rings. The van der Waals surface area contributed by atoms with Crippen molar-refractivity contribution in [2.24, 2.45) is 0 Å². The molecule has 1 N–H and O–H groups in total. The van der Waals surface area contributed by atoms with Crippen LogP contribution in [0.5, 0.6) is 0 Å². The summed E-state index contributed by atoms with van der Waals surface area (Å²) < 4.78 is 1.10. The third-order valence-corrected chi connectivity index (χ3v) is 5.06. The van der Waals surface area contributed by atoms with Crippen LogP contribution in [0.15, 0.2) is 15.9 Å². The molecule has 0 aromatic carbocycles. The summed E-state index contributed by atoms with van der Waals surface area (Å²) in [6.45, 7) is 1.03. The molecule has 2 aliphatic heterocycles. The summed E-state index contributed by atoms with van der Waals surface area (Å²) in [6.07, 6.45) is 3.49. The van der Waals surface area contributed by atoms with E-state index in [4.69, 9.17) is 0 Å². The van der Waals surface area contributed by atoms with Crippen LogP contribution in [0.4, 0.5) is 0 Å². The van der Waals surface area contributed by atoms with Crippen molar-refractivity contribution in [3.05, 3.63) is 20.8 Å². The van der Waals surface area contributed by atoms with E-state index >= 15 is 0 Å². The quantitative estimate of drug-likeness (QED) is 0.864. The van der Waals surface area contributed by atoms with Crippen LogP contribution in [-0.4, -0.2) is 23.4 Å². The molecule has 2 saturated heterocycles. The molecule has 3 rings (SSSR count). The van der Waals surface area contributed by atoms with Gasteiger partial charge in [-0.25, -0.2) is 0 Å². The van der Waals surface area contributed by atoms with Crippen LogP contribution in [0.3, 0.4) is 0 Å². The average Bonchev–Trinajstić information content (AvgIpc) is 2.84. The fourth-order valence-electron chi connectivity index (χ4n) is 2.56. The van der Waals surface area contributed by atoms with Gasteiger partial charge in [0.2, 0.25) is 5.91 Å². The predicted octanol–water partition coefficient (Wildman–Crippen LogP) is 2.49. The number of hydrogen-bond donors (Lipinski definition) is 1. The predicted molar refractivity (Wildman–Crippen MR) is 67.2 cm³/mol. The zero-order chi connectivity index (χ0) is 11.1. The number of rotatable bonds is 1. The number of fused-ring (bicyclic) bond motifs is 1. The Bertz CT molecular complexity index is 420. The van der Waals surface area contributed by atoms with E-state index in [1.165, 1.54) is 17.7 Å². The molecule has 2 aliphatic rings. The molecule has 3 heterocycles. The van der Waals surface area contributed by atoms with Crippen LogP contribution in [0, 0.1) is 0 Å². The summed E-state index contributed by atoms with van der Waals surface area (Å²) in [7, 11) is 0. The van der Waals surface area contributed by atoms with E-state index < -0.39 is 0 Å². The van der Waals surface area contributed by atoms with Gasteiger partial charge in [-0.3, -0.25) is 9.69 Å². The van der Waals surface area contributed by atoms with Crippen molar-refractivity contribution in [2.75, 3.05) is 6.54 Å². The van der Waals surface area contributed by atoms with E-state index in [1.54, 1.807) is 11.3 Å². The molecular formula is C11H13BrN2OS. The van der Waals surface area contributed by atoms with Gasteiger partial charge in [0.25, 0.3) is 0 Å². The molecule has 1 amide bonds. The van der Waals surface area contributed by atoms with E-state index in [0.717, 1.165) is 17.4 Å². The number of amides is 1. The lowest BCUT2D eigenvalue weighted by Gasteiger charge is -2.30. The van der Waals surface area contributed by atoms with Gasteiger partial charge >= 0.3 is 0 Å². The highest BCUT2D eigenvalue weighted by atomic mass is 79.9. The van der Waals surface area contributed by atoms with Crippen LogP contribution in [0.25, 0.3) is 0 Å². The van der Waals surface area contributed by atoms with Gasteiger partial charge in [0, 0.05) is 21.3 Å². The monoisotopic (exact) mass is 300 g/mol. The van der Waals surface area contributed by atoms with Crippen LogP contribution >= 0.6 is 27.3 Å². The minimum atomic E-state index is 0.106. The summed E-state index contributed by atoms with van der Waals surface area (Å²) in [4.78, 5) is 15.4. The van der Waals surface area contributed by atoms with Gasteiger partial charge in [-0.05, 0) is 34.8 Å². The lowest BCUT2D eigenvalue weighted by Crippen LogP contribution is -2.38. The summed E-state index contributed by atoms with van der Waals surface area (Å²) in [5, 5.41) is 5.17. The molecule has 2 fully saturated rings. The highest BCUT2D eigenvalue weighted by Crippen LogP contribution is 2.35. The topological polar surface area (TPSA) is 32.3 Å². The zero-order valence-corrected chi connectivity index (χ0v) is 11.2. The summed E-state index contributed by atoms with van der Waals surface area (Å²) >= 11 is 5.16. The lowest BCUT2D eigenvalue weighted by atomic mass is 10.0. The summed E-state index contributed by atoms with van der Waals surface area (Å²) in [6, 6.07) is 2.21. The van der Waals surface area contributed by atoms with E-state index in [2.05, 4.69) is 37.6 Å². The van der Waals surface area contributed by atoms with Crippen molar-refractivity contribution < 1.29 is 4.79 Å². The number of piperidine rings is 1. The second-order valence-corrected chi connectivity index (χ2v) is 6.19. The third kappa shape index (κ3) is 1.71. The van der Waals surface area contributed by atoms with Crippen LogP contribution in [-0.2, 0) is 4.79 Å². The van der Waals surface area contributed by atoms with Gasteiger partial charge in [-0.1, -0.05) is 6.42 Å². The van der Waals surface area contributed by atoms with Gasteiger partial charge in [-0.15, -0.1) is 11.3 Å². The molecule has 86 valence electrons. The molecule has 5 heteroatoms. The first-order valence-electron chi connectivity index (χ1n) is 5.56. The van der Waals surface area contributed by atoms with Crippen molar-refractivity contribution in [3.63, 3.8) is 0 Å². The van der Waals surface area contributed by atoms with E-state index in [1.807, 2.05) is 0 Å². The number of nitrogens with zero attached hydrogens (tertiary/aromatic N) is 1. The van der Waals surface area contributed by atoms with Crippen molar-refractivity contribution in [1.82, 2.24) is 10.2 Å². The maximum atomic E-state index is 11.8. The van der Waals surface area contributed by atoms with Gasteiger partial charge < -0.3 is 5.32 Å². The molecule has 0 bridgehead atoms. The number of carbonyl (C=O) groups excluding carboxylic acids is 1. The highest BCUT2D eigenvalue weighted by Gasteiger charge is 2.41. The van der Waals surface area contributed by atoms with Crippen LogP contribution < -0.4 is 5.32 Å². The average molecular weight is 301 g/mol. The largest absolute Gasteiger partial charge is 0.334 e. The molecule has 16 heavy (non-hydrogen) atoms. The van der Waals surface area contributed by atoms with E-state index in [9.17, 15) is 4.79 Å². The van der Waals surface area contributed by atoms with Gasteiger partial charge in [0.1, 0.15) is 6.17 Å². The first-order valence-corrected chi connectivity index (χ1v) is 7.23. The molecular weight excluding hydrogens is 288 g/mol. The first kappa shape index (κ1) is 10.7. The fraction of sp³-hybridized carbons (Fsp3) is 0.545. The number of halogens is 1. The second-order valence-electron chi connectivity index (χ2n) is 4.33. The first-order chi connectivity index (χ1) is 7.75. The standard InChI is InChI=1S/C11H13BrN2OS/c12-7-5-9(16-6-7)10-13-11(15)8-3-1-2-4-14(8)10/h5-6,8,10H,1-4H2,(H,13,15)/t8-,10+/m0/s1. The Balaban J connectivity index is 1.88. The van der Waals surface area contributed by atoms with Crippen molar-refractivity contribution in [3.8, 4) is 0 Å². The van der Waals surface area contributed by atoms with Gasteiger partial charge in [-0.2, -0.15) is 0 Å². The van der Waals surface area contributed by atoms with Crippen LogP contribution in [0.1, 0.15) is 30.3 Å². The molecule has 0 spiro atoms. The molecule has 1 aromatic heterocycles. The number of carbonyl (C=O) groups is 1. The smallest absolute Gasteiger partial charge is 0.238 e. The zero-order valence-electron chi connectivity index (χ0n) is 8.78. The maximum absolute atomic E-state index is 11.8. The lowest BCUT2D eigenvalue weighted by molar-refractivity contribution is -0.122. The Morgan fingerprint density at radius 2 is 2.38 bits per heavy atom. The Morgan fingerprint density at radius 3 is 3.12 bits per heavy atom. The highest BCUT2D eigenvalue weighted by molar-refractivity contribution is 9.10. The molecule has 0 radical (unpaired) electrons. The van der Waals surface area contributed by atoms with Gasteiger partial charge in [0.05, 0.1) is 6.04 Å². The molecule has 0 aliphatic carbocycles. The molecule has 0 saturated carbocycles. The Hall–Kier alpha value is -0.390. The molecule has 2 atom stereocenters. The Kier molecular flexibility index (Phi) is 2.77. The Morgan fingerprint density at radius 1 is 1.50 bits per heavy atom. The minimum absolute atomic E-state index is 0.106. The number of thiophene rings is 1. The summed E-state index contributed by atoms with van der Waals surface area (Å²) in [5.41, 5.74) is 0. The third-order valence-electron chi connectivity index (χ3n) is 3.31. The van der Waals surface area contributed by atoms with Crippen molar-refractivity contribution in [2.45, 2.75) is 31.5 Å². The number of hydrogen-bond acceptors (Lipinski definition) is 3. The minimum Gasteiger partial charge on any atom is -0.334 e. The van der Waals surface area contributed by atoms with Crippen molar-refractivity contribution in [1.29, 1.82) is 0 Å². The Labute approximate surface area is 107 Å². The van der Waals surface area contributed by atoms with E-state index in [-0.39, 0.29) is 18.1 Å². The number of nitrogens with one attached hydrogen (secondary N) is 1. The second kappa shape index (κ2) is 4.13. The van der Waals surface area contributed by atoms with Crippen LogP contribution in [0.2, 0.25) is 0 Å². The normalized spacial score (nSPS) is 30.2. The van der Waals surface area contributed by atoms with Gasteiger partial charge in [0.15, 0.2) is 0 Å². The molecule has 0 unspecified atom stereocenters. The van der Waals surface area contributed by atoms with Crippen molar-refractivity contribution >= 4 is 33.2 Å². The maximum Gasteiger partial charge on any atom is 0.238 e. The molecule has 3 nitrogen and oxygen atoms in total. The fourth-order valence-corrected chi connectivity index (χ4v) is 4.08. The van der Waals surface area contributed by atoms with E-state index in [0.29, 0.717) is 0 Å². The summed E-state index contributed by atoms with van der Waals surface area (Å²) in [5.74, 6) is 0.203. The SMILES string of the molecule is O=C1N[C@@H](c2cc(Br)cs2)N2CCCC[C@@H]12.